The molecule has 0 heterocycles. The van der Waals surface area contributed by atoms with Gasteiger partial charge in [0.25, 0.3) is 0 Å². The van der Waals surface area contributed by atoms with Crippen LogP contribution in [-0.2, 0) is 6.54 Å². The van der Waals surface area contributed by atoms with Crippen LogP contribution in [0.4, 0.5) is 4.79 Å². The number of allylic oxidation sites excluding steroid dienone is 1. The molecule has 0 aliphatic heterocycles. The van der Waals surface area contributed by atoms with E-state index < -0.39 is 0 Å². The monoisotopic (exact) mass is 234 g/mol. The highest BCUT2D eigenvalue weighted by Crippen LogP contribution is 2.04. The van der Waals surface area contributed by atoms with Gasteiger partial charge in [0.15, 0.2) is 0 Å². The van der Waals surface area contributed by atoms with Crippen molar-refractivity contribution in [3.8, 4) is 0 Å². The Kier molecular flexibility index (Phi) is 5.23. The van der Waals surface area contributed by atoms with Crippen LogP contribution in [0.3, 0.4) is 0 Å². The molecule has 17 heavy (non-hydrogen) atoms. The Hall–Kier alpha value is -1.81. The first-order valence-electron chi connectivity index (χ1n) is 5.49. The maximum Gasteiger partial charge on any atom is 0.321 e. The van der Waals surface area contributed by atoms with E-state index in [1.807, 2.05) is 30.3 Å². The van der Waals surface area contributed by atoms with Gasteiger partial charge in [-0.25, -0.2) is 4.79 Å². The van der Waals surface area contributed by atoms with E-state index in [2.05, 4.69) is 11.9 Å². The number of aliphatic hydroxyl groups is 1. The molecule has 4 heteroatoms. The number of carbonyl (C=O) groups is 1. The van der Waals surface area contributed by atoms with Crippen molar-refractivity contribution in [3.63, 3.8) is 0 Å². The van der Waals surface area contributed by atoms with Crippen LogP contribution in [0.25, 0.3) is 0 Å². The van der Waals surface area contributed by atoms with Gasteiger partial charge in [-0.3, -0.25) is 0 Å². The van der Waals surface area contributed by atoms with E-state index in [1.54, 1.807) is 11.8 Å². The summed E-state index contributed by atoms with van der Waals surface area (Å²) in [7, 11) is 0. The van der Waals surface area contributed by atoms with Crippen molar-refractivity contribution in [1.29, 1.82) is 0 Å². The summed E-state index contributed by atoms with van der Waals surface area (Å²) in [6, 6.07) is 9.41. The number of urea groups is 1. The van der Waals surface area contributed by atoms with Crippen LogP contribution in [-0.4, -0.2) is 29.2 Å². The lowest BCUT2D eigenvalue weighted by molar-refractivity contribution is 0.176. The third kappa shape index (κ3) is 4.70. The molecule has 0 aromatic heterocycles. The van der Waals surface area contributed by atoms with Gasteiger partial charge in [-0.05, 0) is 12.5 Å². The summed E-state index contributed by atoms with van der Waals surface area (Å²) in [5.74, 6) is 0. The number of aliphatic hydroxyl groups excluding tert-OH is 1. The number of nitrogens with zero attached hydrogens (tertiary/aromatic N) is 1. The quantitative estimate of drug-likeness (QED) is 0.815. The van der Waals surface area contributed by atoms with Crippen molar-refractivity contribution in [2.24, 2.45) is 0 Å². The second-order valence-corrected chi connectivity index (χ2v) is 3.84. The Bertz CT molecular complexity index is 376. The average Bonchev–Trinajstić information content (AvgIpc) is 2.29. The third-order valence-electron chi connectivity index (χ3n) is 2.19. The number of hydrogen-bond acceptors (Lipinski definition) is 2. The van der Waals surface area contributed by atoms with Gasteiger partial charge < -0.3 is 15.3 Å². The smallest absolute Gasteiger partial charge is 0.321 e. The van der Waals surface area contributed by atoms with Gasteiger partial charge in [-0.1, -0.05) is 36.9 Å². The van der Waals surface area contributed by atoms with E-state index in [0.29, 0.717) is 18.8 Å². The van der Waals surface area contributed by atoms with E-state index in [4.69, 9.17) is 5.11 Å². The van der Waals surface area contributed by atoms with Crippen molar-refractivity contribution < 1.29 is 9.90 Å². The van der Waals surface area contributed by atoms with Gasteiger partial charge in [0.1, 0.15) is 0 Å². The van der Waals surface area contributed by atoms with Crippen LogP contribution >= 0.6 is 0 Å². The minimum atomic E-state index is -0.240. The fraction of sp³-hybridized carbons (Fsp3) is 0.308. The third-order valence-corrected chi connectivity index (χ3v) is 2.19. The molecule has 1 aromatic rings. The highest BCUT2D eigenvalue weighted by molar-refractivity contribution is 5.75. The summed E-state index contributed by atoms with van der Waals surface area (Å²) in [5.41, 5.74) is 1.61. The molecule has 0 atom stereocenters. The fourth-order valence-corrected chi connectivity index (χ4v) is 1.44. The van der Waals surface area contributed by atoms with Crippen molar-refractivity contribution in [3.05, 3.63) is 48.2 Å². The predicted molar refractivity (Wildman–Crippen MR) is 67.3 cm³/mol. The molecular weight excluding hydrogens is 216 g/mol. The highest BCUT2D eigenvalue weighted by atomic mass is 16.3. The first-order valence-corrected chi connectivity index (χ1v) is 5.49. The Morgan fingerprint density at radius 1 is 1.41 bits per heavy atom. The van der Waals surface area contributed by atoms with Crippen LogP contribution in [0, 0.1) is 0 Å². The zero-order valence-electron chi connectivity index (χ0n) is 10.0. The van der Waals surface area contributed by atoms with Gasteiger partial charge in [-0.15, -0.1) is 0 Å². The number of benzene rings is 1. The molecule has 1 aromatic carbocycles. The summed E-state index contributed by atoms with van der Waals surface area (Å²) in [6.45, 7) is 6.06. The van der Waals surface area contributed by atoms with E-state index >= 15 is 0 Å². The van der Waals surface area contributed by atoms with Crippen molar-refractivity contribution in [2.75, 3.05) is 13.2 Å². The summed E-state index contributed by atoms with van der Waals surface area (Å²) < 4.78 is 0. The van der Waals surface area contributed by atoms with Crippen LogP contribution in [0.2, 0.25) is 0 Å². The number of hydrogen-bond donors (Lipinski definition) is 2. The standard InChI is InChI=1S/C13H18N2O2/c1-11(2)14-13(17)15(8-9-16)10-12-6-4-3-5-7-12/h3-7,16H,1,8-10H2,2H3,(H,14,17). The molecular formula is C13H18N2O2. The van der Waals surface area contributed by atoms with Crippen LogP contribution < -0.4 is 5.32 Å². The lowest BCUT2D eigenvalue weighted by atomic mass is 10.2. The molecule has 0 saturated carbocycles. The number of amides is 2. The molecule has 2 N–H and O–H groups in total. The van der Waals surface area contributed by atoms with E-state index in [1.165, 1.54) is 0 Å². The molecule has 0 aliphatic rings. The second-order valence-electron chi connectivity index (χ2n) is 3.84. The molecule has 2 amide bonds. The number of nitrogens with one attached hydrogen (secondary N) is 1. The predicted octanol–water partition coefficient (Wildman–Crippen LogP) is 1.72. The fourth-order valence-electron chi connectivity index (χ4n) is 1.44. The first-order chi connectivity index (χ1) is 8.13. The number of rotatable bonds is 5. The lowest BCUT2D eigenvalue weighted by Crippen LogP contribution is -2.40. The van der Waals surface area contributed by atoms with Crippen molar-refractivity contribution in [1.82, 2.24) is 10.2 Å². The largest absolute Gasteiger partial charge is 0.395 e. The Morgan fingerprint density at radius 2 is 2.06 bits per heavy atom. The normalized spacial score (nSPS) is 9.76. The minimum absolute atomic E-state index is 0.0591. The topological polar surface area (TPSA) is 52.6 Å². The van der Waals surface area contributed by atoms with E-state index in [9.17, 15) is 4.79 Å². The Balaban J connectivity index is 2.66. The van der Waals surface area contributed by atoms with Crippen LogP contribution in [0.1, 0.15) is 12.5 Å². The lowest BCUT2D eigenvalue weighted by Gasteiger charge is -2.22. The Labute approximate surface area is 102 Å². The molecule has 92 valence electrons. The molecule has 0 fully saturated rings. The van der Waals surface area contributed by atoms with Crippen LogP contribution in [0.15, 0.2) is 42.6 Å². The van der Waals surface area contributed by atoms with Gasteiger partial charge >= 0.3 is 6.03 Å². The summed E-state index contributed by atoms with van der Waals surface area (Å²) in [5, 5.41) is 11.6. The molecule has 0 unspecified atom stereocenters. The number of carbonyl (C=O) groups excluding carboxylic acids is 1. The molecule has 0 bridgehead atoms. The van der Waals surface area contributed by atoms with Gasteiger partial charge in [0.05, 0.1) is 6.61 Å². The molecule has 0 spiro atoms. The highest BCUT2D eigenvalue weighted by Gasteiger charge is 2.12. The molecule has 0 radical (unpaired) electrons. The summed E-state index contributed by atoms with van der Waals surface area (Å²) in [4.78, 5) is 13.3. The molecule has 0 aliphatic carbocycles. The molecule has 0 saturated heterocycles. The van der Waals surface area contributed by atoms with Crippen molar-refractivity contribution >= 4 is 6.03 Å². The SMILES string of the molecule is C=C(C)NC(=O)N(CCO)Cc1ccccc1. The zero-order chi connectivity index (χ0) is 12.7. The van der Waals surface area contributed by atoms with Crippen LogP contribution in [0.5, 0.6) is 0 Å². The van der Waals surface area contributed by atoms with Gasteiger partial charge in [-0.2, -0.15) is 0 Å². The zero-order valence-corrected chi connectivity index (χ0v) is 10.0. The van der Waals surface area contributed by atoms with E-state index in [0.717, 1.165) is 5.56 Å². The van der Waals surface area contributed by atoms with Gasteiger partial charge in [0, 0.05) is 18.8 Å². The first kappa shape index (κ1) is 13.3. The Morgan fingerprint density at radius 3 is 2.59 bits per heavy atom. The second kappa shape index (κ2) is 6.70. The molecule has 1 rings (SSSR count). The maximum atomic E-state index is 11.8. The maximum absolute atomic E-state index is 11.8. The van der Waals surface area contributed by atoms with Gasteiger partial charge in [0.2, 0.25) is 0 Å². The van der Waals surface area contributed by atoms with E-state index in [-0.39, 0.29) is 12.6 Å². The molecule has 4 nitrogen and oxygen atoms in total. The van der Waals surface area contributed by atoms with Crippen molar-refractivity contribution in [2.45, 2.75) is 13.5 Å². The summed E-state index contributed by atoms with van der Waals surface area (Å²) in [6.07, 6.45) is 0. The minimum Gasteiger partial charge on any atom is -0.395 e. The summed E-state index contributed by atoms with van der Waals surface area (Å²) >= 11 is 0. The average molecular weight is 234 g/mol.